The molecule has 2 fully saturated rings. The average molecular weight is 321 g/mol. The van der Waals surface area contributed by atoms with E-state index in [0.717, 1.165) is 39.1 Å². The van der Waals surface area contributed by atoms with E-state index in [1.165, 1.54) is 6.07 Å². The Bertz CT molecular complexity index is 561. The molecule has 126 valence electrons. The second-order valence-electron chi connectivity index (χ2n) is 6.03. The molecule has 1 aromatic carbocycles. The lowest BCUT2D eigenvalue weighted by Crippen LogP contribution is -2.49. The van der Waals surface area contributed by atoms with Crippen LogP contribution < -0.4 is 10.1 Å². The minimum absolute atomic E-state index is 0.0747. The van der Waals surface area contributed by atoms with E-state index in [-0.39, 0.29) is 11.7 Å². The van der Waals surface area contributed by atoms with Crippen molar-refractivity contribution in [1.29, 1.82) is 0 Å². The molecule has 6 heteroatoms. The number of benzene rings is 1. The van der Waals surface area contributed by atoms with Gasteiger partial charge in [0.25, 0.3) is 5.91 Å². The van der Waals surface area contributed by atoms with E-state index in [2.05, 4.69) is 10.2 Å². The molecule has 0 radical (unpaired) electrons. The third-order valence-electron chi connectivity index (χ3n) is 4.60. The number of piperazine rings is 1. The molecule has 0 aromatic heterocycles. The van der Waals surface area contributed by atoms with Crippen molar-refractivity contribution in [3.8, 4) is 5.75 Å². The van der Waals surface area contributed by atoms with Gasteiger partial charge in [0.1, 0.15) is 0 Å². The fourth-order valence-corrected chi connectivity index (χ4v) is 3.41. The summed E-state index contributed by atoms with van der Waals surface area (Å²) in [5, 5.41) is 3.35. The maximum absolute atomic E-state index is 13.9. The fraction of sp³-hybridized carbons (Fsp3) is 0.588. The standard InChI is InChI=1S/C17H24FN3O2/c1-2-23-16-14(4-3-5-15(16)18)17(22)21-9-6-13(12-21)20-10-7-19-8-11-20/h3-5,13,19H,2,6-12H2,1H3. The average Bonchev–Trinajstić information content (AvgIpc) is 3.07. The van der Waals surface area contributed by atoms with Crippen LogP contribution in [0.5, 0.6) is 5.75 Å². The van der Waals surface area contributed by atoms with Gasteiger partial charge in [-0.15, -0.1) is 0 Å². The molecule has 1 N–H and O–H groups in total. The van der Waals surface area contributed by atoms with Gasteiger partial charge in [0, 0.05) is 45.3 Å². The first kappa shape index (κ1) is 16.2. The largest absolute Gasteiger partial charge is 0.490 e. The van der Waals surface area contributed by atoms with Gasteiger partial charge in [0.05, 0.1) is 12.2 Å². The molecule has 0 saturated carbocycles. The van der Waals surface area contributed by atoms with Crippen LogP contribution in [-0.4, -0.2) is 67.6 Å². The summed E-state index contributed by atoms with van der Waals surface area (Å²) in [6.45, 7) is 7.61. The number of para-hydroxylation sites is 1. The van der Waals surface area contributed by atoms with E-state index in [4.69, 9.17) is 4.74 Å². The van der Waals surface area contributed by atoms with Crippen LogP contribution in [-0.2, 0) is 0 Å². The van der Waals surface area contributed by atoms with E-state index in [1.54, 1.807) is 19.1 Å². The first-order valence-electron chi connectivity index (χ1n) is 8.36. The van der Waals surface area contributed by atoms with Crippen molar-refractivity contribution in [3.05, 3.63) is 29.6 Å². The van der Waals surface area contributed by atoms with Crippen molar-refractivity contribution in [2.45, 2.75) is 19.4 Å². The number of likely N-dealkylation sites (tertiary alicyclic amines) is 1. The molecule has 0 bridgehead atoms. The van der Waals surface area contributed by atoms with Gasteiger partial charge < -0.3 is 15.0 Å². The second kappa shape index (κ2) is 7.27. The lowest BCUT2D eigenvalue weighted by molar-refractivity contribution is 0.0768. The topological polar surface area (TPSA) is 44.8 Å². The Labute approximate surface area is 136 Å². The summed E-state index contributed by atoms with van der Waals surface area (Å²) in [6, 6.07) is 4.95. The van der Waals surface area contributed by atoms with Gasteiger partial charge in [0.2, 0.25) is 0 Å². The molecule has 23 heavy (non-hydrogen) atoms. The fourth-order valence-electron chi connectivity index (χ4n) is 3.41. The van der Waals surface area contributed by atoms with E-state index in [0.29, 0.717) is 24.8 Å². The number of hydrogen-bond donors (Lipinski definition) is 1. The molecule has 0 aliphatic carbocycles. The van der Waals surface area contributed by atoms with Gasteiger partial charge in [-0.3, -0.25) is 9.69 Å². The number of carbonyl (C=O) groups is 1. The van der Waals surface area contributed by atoms with Crippen LogP contribution in [0.15, 0.2) is 18.2 Å². The molecule has 5 nitrogen and oxygen atoms in total. The normalized spacial score (nSPS) is 22.3. The Morgan fingerprint density at radius 1 is 1.35 bits per heavy atom. The van der Waals surface area contributed by atoms with Crippen molar-refractivity contribution in [2.24, 2.45) is 0 Å². The zero-order valence-corrected chi connectivity index (χ0v) is 13.6. The first-order chi connectivity index (χ1) is 11.2. The van der Waals surface area contributed by atoms with Crippen LogP contribution in [0, 0.1) is 5.82 Å². The van der Waals surface area contributed by atoms with Gasteiger partial charge in [-0.25, -0.2) is 4.39 Å². The molecule has 0 spiro atoms. The molecule has 1 amide bonds. The number of nitrogens with one attached hydrogen (secondary N) is 1. The number of hydrogen-bond acceptors (Lipinski definition) is 4. The zero-order valence-electron chi connectivity index (χ0n) is 13.6. The van der Waals surface area contributed by atoms with Crippen molar-refractivity contribution >= 4 is 5.91 Å². The van der Waals surface area contributed by atoms with Crippen LogP contribution in [0.1, 0.15) is 23.7 Å². The summed E-state index contributed by atoms with van der Waals surface area (Å²) < 4.78 is 19.3. The Hall–Kier alpha value is -1.66. The summed E-state index contributed by atoms with van der Waals surface area (Å²) in [4.78, 5) is 17.0. The Balaban J connectivity index is 1.70. The number of halogens is 1. The van der Waals surface area contributed by atoms with Crippen molar-refractivity contribution < 1.29 is 13.9 Å². The van der Waals surface area contributed by atoms with E-state index in [1.807, 2.05) is 4.90 Å². The van der Waals surface area contributed by atoms with Crippen LogP contribution in [0.4, 0.5) is 4.39 Å². The maximum atomic E-state index is 13.9. The summed E-state index contributed by atoms with van der Waals surface area (Å²) in [6.07, 6.45) is 0.977. The zero-order chi connectivity index (χ0) is 16.2. The molecular formula is C17H24FN3O2. The van der Waals surface area contributed by atoms with Crippen LogP contribution >= 0.6 is 0 Å². The summed E-state index contributed by atoms with van der Waals surface area (Å²) >= 11 is 0. The Kier molecular flexibility index (Phi) is 5.13. The van der Waals surface area contributed by atoms with Gasteiger partial charge in [-0.2, -0.15) is 0 Å². The van der Waals surface area contributed by atoms with Gasteiger partial charge >= 0.3 is 0 Å². The highest BCUT2D eigenvalue weighted by Gasteiger charge is 2.32. The minimum Gasteiger partial charge on any atom is -0.490 e. The number of carbonyl (C=O) groups excluding carboxylic acids is 1. The molecule has 2 saturated heterocycles. The highest BCUT2D eigenvalue weighted by atomic mass is 19.1. The second-order valence-corrected chi connectivity index (χ2v) is 6.03. The summed E-state index contributed by atoms with van der Waals surface area (Å²) in [5.74, 6) is -0.535. The van der Waals surface area contributed by atoms with Gasteiger partial charge in [-0.05, 0) is 25.5 Å². The lowest BCUT2D eigenvalue weighted by atomic mass is 10.1. The molecule has 3 rings (SSSR count). The maximum Gasteiger partial charge on any atom is 0.257 e. The van der Waals surface area contributed by atoms with E-state index >= 15 is 0 Å². The van der Waals surface area contributed by atoms with Gasteiger partial charge in [-0.1, -0.05) is 6.07 Å². The van der Waals surface area contributed by atoms with Gasteiger partial charge in [0.15, 0.2) is 11.6 Å². The quantitative estimate of drug-likeness (QED) is 0.909. The minimum atomic E-state index is -0.476. The monoisotopic (exact) mass is 321 g/mol. The molecule has 1 unspecified atom stereocenters. The van der Waals surface area contributed by atoms with Crippen molar-refractivity contribution in [1.82, 2.24) is 15.1 Å². The first-order valence-corrected chi connectivity index (χ1v) is 8.36. The summed E-state index contributed by atoms with van der Waals surface area (Å²) in [5.41, 5.74) is 0.327. The van der Waals surface area contributed by atoms with E-state index in [9.17, 15) is 9.18 Å². The Morgan fingerprint density at radius 2 is 2.13 bits per heavy atom. The predicted molar refractivity (Wildman–Crippen MR) is 86.3 cm³/mol. The predicted octanol–water partition coefficient (Wildman–Crippen LogP) is 1.34. The van der Waals surface area contributed by atoms with Crippen molar-refractivity contribution in [3.63, 3.8) is 0 Å². The summed E-state index contributed by atoms with van der Waals surface area (Å²) in [7, 11) is 0. The van der Waals surface area contributed by atoms with Crippen LogP contribution in [0.2, 0.25) is 0 Å². The molecule has 1 aromatic rings. The highest BCUT2D eigenvalue weighted by molar-refractivity contribution is 5.97. The Morgan fingerprint density at radius 3 is 2.87 bits per heavy atom. The molecule has 2 aliphatic heterocycles. The number of ether oxygens (including phenoxy) is 1. The number of amides is 1. The smallest absolute Gasteiger partial charge is 0.257 e. The lowest BCUT2D eigenvalue weighted by Gasteiger charge is -2.32. The highest BCUT2D eigenvalue weighted by Crippen LogP contribution is 2.26. The number of nitrogens with zero attached hydrogens (tertiary/aromatic N) is 2. The van der Waals surface area contributed by atoms with Crippen LogP contribution in [0.3, 0.4) is 0 Å². The molecule has 1 atom stereocenters. The van der Waals surface area contributed by atoms with Crippen molar-refractivity contribution in [2.75, 3.05) is 45.9 Å². The third kappa shape index (κ3) is 3.48. The SMILES string of the molecule is CCOc1c(F)cccc1C(=O)N1CCC(N2CCNCC2)C1. The molecule has 2 aliphatic rings. The van der Waals surface area contributed by atoms with E-state index < -0.39 is 5.82 Å². The molecular weight excluding hydrogens is 297 g/mol. The molecule has 2 heterocycles. The third-order valence-corrected chi connectivity index (χ3v) is 4.60. The van der Waals surface area contributed by atoms with Crippen LogP contribution in [0.25, 0.3) is 0 Å². The number of rotatable bonds is 4.